The Balaban J connectivity index is 2.55. The Morgan fingerprint density at radius 1 is 1.36 bits per heavy atom. The van der Waals surface area contributed by atoms with Crippen molar-refractivity contribution in [3.8, 4) is 5.75 Å². The molecular weight excluding hydrogens is 176 g/mol. The van der Waals surface area contributed by atoms with Crippen LogP contribution in [0.25, 0.3) is 0 Å². The molecule has 0 spiro atoms. The lowest BCUT2D eigenvalue weighted by Gasteiger charge is -2.05. The molecule has 1 N–H and O–H groups in total. The maximum atomic E-state index is 8.72. The number of aliphatic hydroxyl groups is 1. The van der Waals surface area contributed by atoms with Gasteiger partial charge >= 0.3 is 0 Å². The van der Waals surface area contributed by atoms with Gasteiger partial charge in [-0.25, -0.2) is 0 Å². The van der Waals surface area contributed by atoms with Crippen LogP contribution in [0, 0.1) is 0 Å². The van der Waals surface area contributed by atoms with Gasteiger partial charge in [-0.2, -0.15) is 0 Å². The number of hydrogen-bond acceptors (Lipinski definition) is 2. The van der Waals surface area contributed by atoms with E-state index in [4.69, 9.17) is 9.84 Å². The number of benzene rings is 1. The van der Waals surface area contributed by atoms with Crippen LogP contribution in [-0.2, 0) is 6.42 Å². The largest absolute Gasteiger partial charge is 0.497 e. The molecule has 0 aliphatic heterocycles. The molecule has 0 fully saturated rings. The van der Waals surface area contributed by atoms with Crippen LogP contribution in [0.1, 0.15) is 12.0 Å². The highest BCUT2D eigenvalue weighted by Gasteiger charge is 1.97. The first kappa shape index (κ1) is 10.8. The number of methoxy groups -OCH3 is 1. The summed E-state index contributed by atoms with van der Waals surface area (Å²) >= 11 is 0. The second-order valence-electron chi connectivity index (χ2n) is 3.25. The van der Waals surface area contributed by atoms with Crippen molar-refractivity contribution in [1.29, 1.82) is 0 Å². The van der Waals surface area contributed by atoms with E-state index in [-0.39, 0.29) is 6.61 Å². The third kappa shape index (κ3) is 3.23. The molecule has 0 saturated carbocycles. The molecule has 0 aliphatic carbocycles. The van der Waals surface area contributed by atoms with Gasteiger partial charge in [-0.15, -0.1) is 0 Å². The molecule has 0 atom stereocenters. The van der Waals surface area contributed by atoms with E-state index in [1.807, 2.05) is 24.3 Å². The first-order valence-electron chi connectivity index (χ1n) is 4.66. The minimum absolute atomic E-state index is 0.176. The molecule has 14 heavy (non-hydrogen) atoms. The molecule has 0 radical (unpaired) electrons. The molecule has 2 heteroatoms. The average Bonchev–Trinajstić information content (AvgIpc) is 2.19. The van der Waals surface area contributed by atoms with Crippen molar-refractivity contribution >= 4 is 0 Å². The Labute approximate surface area is 84.8 Å². The van der Waals surface area contributed by atoms with Crippen molar-refractivity contribution in [3.05, 3.63) is 42.0 Å². The maximum Gasteiger partial charge on any atom is 0.118 e. The summed E-state index contributed by atoms with van der Waals surface area (Å²) in [5, 5.41) is 8.72. The minimum Gasteiger partial charge on any atom is -0.497 e. The molecule has 76 valence electrons. The zero-order chi connectivity index (χ0) is 10.4. The summed E-state index contributed by atoms with van der Waals surface area (Å²) < 4.78 is 5.06. The quantitative estimate of drug-likeness (QED) is 0.724. The normalized spacial score (nSPS) is 9.86. The monoisotopic (exact) mass is 192 g/mol. The molecule has 1 rings (SSSR count). The van der Waals surface area contributed by atoms with Gasteiger partial charge in [0.25, 0.3) is 0 Å². The fraction of sp³-hybridized carbons (Fsp3) is 0.333. The van der Waals surface area contributed by atoms with Crippen molar-refractivity contribution < 1.29 is 9.84 Å². The molecule has 1 aromatic carbocycles. The van der Waals surface area contributed by atoms with Crippen molar-refractivity contribution in [2.45, 2.75) is 12.8 Å². The molecule has 0 bridgehead atoms. The van der Waals surface area contributed by atoms with Crippen LogP contribution in [-0.4, -0.2) is 18.8 Å². The molecular formula is C12H16O2. The lowest BCUT2D eigenvalue weighted by Crippen LogP contribution is -1.92. The van der Waals surface area contributed by atoms with Gasteiger partial charge in [0.05, 0.1) is 7.11 Å². The predicted molar refractivity (Wildman–Crippen MR) is 57.5 cm³/mol. The number of hydrogen-bond donors (Lipinski definition) is 1. The lowest BCUT2D eigenvalue weighted by molar-refractivity contribution is 0.298. The van der Waals surface area contributed by atoms with Crippen LogP contribution in [0.4, 0.5) is 0 Å². The first-order valence-corrected chi connectivity index (χ1v) is 4.66. The van der Waals surface area contributed by atoms with Crippen molar-refractivity contribution in [2.75, 3.05) is 13.7 Å². The zero-order valence-corrected chi connectivity index (χ0v) is 8.49. The summed E-state index contributed by atoms with van der Waals surface area (Å²) in [6, 6.07) is 7.89. The van der Waals surface area contributed by atoms with Gasteiger partial charge in [-0.05, 0) is 30.5 Å². The van der Waals surface area contributed by atoms with Crippen LogP contribution in [0.5, 0.6) is 5.75 Å². The highest BCUT2D eigenvalue weighted by Crippen LogP contribution is 2.14. The second kappa shape index (κ2) is 5.45. The van der Waals surface area contributed by atoms with Crippen molar-refractivity contribution in [1.82, 2.24) is 0 Å². The fourth-order valence-electron chi connectivity index (χ4n) is 1.28. The molecule has 0 saturated heterocycles. The standard InChI is InChI=1S/C12H16O2/c1-10(7-8-13)9-11-3-5-12(14-2)6-4-11/h3-6,13H,1,7-9H2,2H3. The summed E-state index contributed by atoms with van der Waals surface area (Å²) in [5.74, 6) is 0.863. The highest BCUT2D eigenvalue weighted by molar-refractivity contribution is 5.29. The van der Waals surface area contributed by atoms with E-state index < -0.39 is 0 Å². The minimum atomic E-state index is 0.176. The Morgan fingerprint density at radius 2 is 2.00 bits per heavy atom. The van der Waals surface area contributed by atoms with E-state index in [1.165, 1.54) is 5.56 Å². The van der Waals surface area contributed by atoms with E-state index >= 15 is 0 Å². The topological polar surface area (TPSA) is 29.5 Å². The SMILES string of the molecule is C=C(CCO)Cc1ccc(OC)cc1. The molecule has 0 aliphatic rings. The summed E-state index contributed by atoms with van der Waals surface area (Å²) in [4.78, 5) is 0. The molecule has 0 unspecified atom stereocenters. The van der Waals surface area contributed by atoms with E-state index in [2.05, 4.69) is 6.58 Å². The molecule has 0 heterocycles. The smallest absolute Gasteiger partial charge is 0.118 e. The number of aliphatic hydroxyl groups excluding tert-OH is 1. The molecule has 1 aromatic rings. The van der Waals surface area contributed by atoms with Crippen LogP contribution in [0.2, 0.25) is 0 Å². The van der Waals surface area contributed by atoms with Gasteiger partial charge in [-0.3, -0.25) is 0 Å². The van der Waals surface area contributed by atoms with Gasteiger partial charge in [0.15, 0.2) is 0 Å². The van der Waals surface area contributed by atoms with Crippen LogP contribution in [0.3, 0.4) is 0 Å². The van der Waals surface area contributed by atoms with Gasteiger partial charge < -0.3 is 9.84 Å². The second-order valence-corrected chi connectivity index (χ2v) is 3.25. The predicted octanol–water partition coefficient (Wildman–Crippen LogP) is 2.18. The summed E-state index contributed by atoms with van der Waals surface area (Å²) in [7, 11) is 1.65. The highest BCUT2D eigenvalue weighted by atomic mass is 16.5. The van der Waals surface area contributed by atoms with Crippen LogP contribution >= 0.6 is 0 Å². The third-order valence-electron chi connectivity index (χ3n) is 2.08. The maximum absolute atomic E-state index is 8.72. The third-order valence-corrected chi connectivity index (χ3v) is 2.08. The molecule has 0 aromatic heterocycles. The average molecular weight is 192 g/mol. The summed E-state index contributed by atoms with van der Waals surface area (Å²) in [6.07, 6.45) is 1.50. The van der Waals surface area contributed by atoms with Gasteiger partial charge in [0.1, 0.15) is 5.75 Å². The molecule has 2 nitrogen and oxygen atoms in total. The fourth-order valence-corrected chi connectivity index (χ4v) is 1.28. The van der Waals surface area contributed by atoms with Crippen LogP contribution in [0.15, 0.2) is 36.4 Å². The lowest BCUT2D eigenvalue weighted by atomic mass is 10.0. The van der Waals surface area contributed by atoms with E-state index in [0.717, 1.165) is 17.7 Å². The van der Waals surface area contributed by atoms with E-state index in [9.17, 15) is 0 Å². The first-order chi connectivity index (χ1) is 6.76. The van der Waals surface area contributed by atoms with Gasteiger partial charge in [-0.1, -0.05) is 24.3 Å². The Bertz CT molecular complexity index is 288. The van der Waals surface area contributed by atoms with E-state index in [1.54, 1.807) is 7.11 Å². The molecule has 0 amide bonds. The van der Waals surface area contributed by atoms with Crippen molar-refractivity contribution in [3.63, 3.8) is 0 Å². The van der Waals surface area contributed by atoms with E-state index in [0.29, 0.717) is 6.42 Å². The zero-order valence-electron chi connectivity index (χ0n) is 8.49. The summed E-state index contributed by atoms with van der Waals surface area (Å²) in [5.41, 5.74) is 2.25. The Morgan fingerprint density at radius 3 is 2.50 bits per heavy atom. The van der Waals surface area contributed by atoms with Crippen LogP contribution < -0.4 is 4.74 Å². The Hall–Kier alpha value is -1.28. The van der Waals surface area contributed by atoms with Crippen molar-refractivity contribution in [2.24, 2.45) is 0 Å². The number of rotatable bonds is 5. The summed E-state index contributed by atoms with van der Waals surface area (Å²) in [6.45, 7) is 4.07. The van der Waals surface area contributed by atoms with Gasteiger partial charge in [0.2, 0.25) is 0 Å². The number of ether oxygens (including phenoxy) is 1. The van der Waals surface area contributed by atoms with Gasteiger partial charge in [0, 0.05) is 6.61 Å². The Kier molecular flexibility index (Phi) is 4.20.